The summed E-state index contributed by atoms with van der Waals surface area (Å²) < 4.78 is 15.9. The van der Waals surface area contributed by atoms with Crippen molar-refractivity contribution in [1.29, 1.82) is 0 Å². The molecule has 0 aliphatic carbocycles. The van der Waals surface area contributed by atoms with E-state index in [-0.39, 0.29) is 25.8 Å². The number of hydrogen-bond donors (Lipinski definition) is 1. The average Bonchev–Trinajstić information content (AvgIpc) is 2.74. The van der Waals surface area contributed by atoms with Crippen LogP contribution in [0.2, 0.25) is 0 Å². The van der Waals surface area contributed by atoms with Gasteiger partial charge in [-0.3, -0.25) is 4.79 Å². The molecule has 0 spiro atoms. The minimum absolute atomic E-state index is 0.170. The third kappa shape index (κ3) is 22.1. The second-order valence-electron chi connectivity index (χ2n) is 9.48. The minimum atomic E-state index is -1.57. The standard InChI is InChI=1S/C25H47NO7/c1-5-6-7-8-9-10-11-12-13-14-15-16-17-23(28)32-20-22(27)21-33-25(24(29)30)31-19-18-26(2,3)4/h9-10,22,25,27H,5-8,11-21H2,1-4H3/b10-9-. The van der Waals surface area contributed by atoms with Crippen LogP contribution >= 0.6 is 0 Å². The summed E-state index contributed by atoms with van der Waals surface area (Å²) in [4.78, 5) is 22.9. The normalized spacial score (nSPS) is 13.8. The highest BCUT2D eigenvalue weighted by molar-refractivity contribution is 5.69. The molecular formula is C25H47NO7. The lowest BCUT2D eigenvalue weighted by Gasteiger charge is -2.26. The van der Waals surface area contributed by atoms with Gasteiger partial charge in [-0.25, -0.2) is 0 Å². The van der Waals surface area contributed by atoms with E-state index in [4.69, 9.17) is 14.2 Å². The smallest absolute Gasteiger partial charge is 0.305 e. The van der Waals surface area contributed by atoms with Crippen LogP contribution in [0.1, 0.15) is 77.6 Å². The molecule has 0 aliphatic heterocycles. The molecule has 2 unspecified atom stereocenters. The maximum absolute atomic E-state index is 11.8. The molecule has 0 rings (SSSR count). The second kappa shape index (κ2) is 19.9. The second-order valence-corrected chi connectivity index (χ2v) is 9.48. The summed E-state index contributed by atoms with van der Waals surface area (Å²) in [5, 5.41) is 21.0. The van der Waals surface area contributed by atoms with Gasteiger partial charge in [0, 0.05) is 6.42 Å². The molecule has 0 aromatic rings. The third-order valence-corrected chi connectivity index (χ3v) is 4.99. The van der Waals surface area contributed by atoms with Gasteiger partial charge in [-0.2, -0.15) is 0 Å². The quantitative estimate of drug-likeness (QED) is 0.0847. The monoisotopic (exact) mass is 473 g/mol. The van der Waals surface area contributed by atoms with Gasteiger partial charge in [0.05, 0.1) is 40.3 Å². The molecule has 0 bridgehead atoms. The van der Waals surface area contributed by atoms with Crippen LogP contribution in [0.15, 0.2) is 12.2 Å². The molecule has 33 heavy (non-hydrogen) atoms. The molecule has 0 fully saturated rings. The molecule has 0 aliphatic rings. The van der Waals surface area contributed by atoms with Gasteiger partial charge in [-0.1, -0.05) is 51.2 Å². The Balaban J connectivity index is 3.74. The summed E-state index contributed by atoms with van der Waals surface area (Å²) in [5.74, 6) is -1.89. The molecule has 194 valence electrons. The number of hydrogen-bond acceptors (Lipinski definition) is 7. The van der Waals surface area contributed by atoms with Crippen molar-refractivity contribution in [3.63, 3.8) is 0 Å². The van der Waals surface area contributed by atoms with E-state index in [2.05, 4.69) is 19.1 Å². The summed E-state index contributed by atoms with van der Waals surface area (Å²) in [6.07, 6.45) is 13.4. The molecule has 2 atom stereocenters. The van der Waals surface area contributed by atoms with Crippen molar-refractivity contribution in [2.24, 2.45) is 0 Å². The van der Waals surface area contributed by atoms with Gasteiger partial charge < -0.3 is 33.7 Å². The van der Waals surface area contributed by atoms with Crippen molar-refractivity contribution in [2.75, 3.05) is 47.5 Å². The van der Waals surface area contributed by atoms with Crippen LogP contribution in [-0.2, 0) is 23.8 Å². The van der Waals surface area contributed by atoms with Crippen LogP contribution in [0.4, 0.5) is 0 Å². The zero-order chi connectivity index (χ0) is 25.0. The van der Waals surface area contributed by atoms with Gasteiger partial charge in [0.25, 0.3) is 0 Å². The topological polar surface area (TPSA) is 105 Å². The van der Waals surface area contributed by atoms with Gasteiger partial charge in [-0.15, -0.1) is 0 Å². The van der Waals surface area contributed by atoms with Crippen LogP contribution in [0.25, 0.3) is 0 Å². The van der Waals surface area contributed by atoms with E-state index in [1.807, 2.05) is 21.1 Å². The maximum Gasteiger partial charge on any atom is 0.305 e. The van der Waals surface area contributed by atoms with E-state index in [9.17, 15) is 19.8 Å². The molecule has 0 heterocycles. The number of carbonyl (C=O) groups excluding carboxylic acids is 2. The molecule has 8 nitrogen and oxygen atoms in total. The van der Waals surface area contributed by atoms with Crippen molar-refractivity contribution in [3.05, 3.63) is 12.2 Å². The predicted octanol–water partition coefficient (Wildman–Crippen LogP) is 2.57. The highest BCUT2D eigenvalue weighted by Crippen LogP contribution is 2.09. The number of unbranched alkanes of at least 4 members (excludes halogenated alkanes) is 8. The first-order valence-electron chi connectivity index (χ1n) is 12.4. The van der Waals surface area contributed by atoms with E-state index >= 15 is 0 Å². The average molecular weight is 474 g/mol. The number of allylic oxidation sites excluding steroid dienone is 2. The molecule has 0 amide bonds. The largest absolute Gasteiger partial charge is 0.545 e. The number of carboxylic acids is 1. The zero-order valence-corrected chi connectivity index (χ0v) is 21.3. The lowest BCUT2D eigenvalue weighted by Crippen LogP contribution is -2.44. The Morgan fingerprint density at radius 2 is 1.52 bits per heavy atom. The first-order chi connectivity index (χ1) is 15.7. The van der Waals surface area contributed by atoms with Gasteiger partial charge in [-0.05, 0) is 32.1 Å². The number of ether oxygens (including phenoxy) is 3. The van der Waals surface area contributed by atoms with Crippen LogP contribution in [0.5, 0.6) is 0 Å². The van der Waals surface area contributed by atoms with E-state index in [1.165, 1.54) is 32.1 Å². The fourth-order valence-corrected chi connectivity index (χ4v) is 2.94. The third-order valence-electron chi connectivity index (χ3n) is 4.99. The number of rotatable bonds is 22. The lowest BCUT2D eigenvalue weighted by molar-refractivity contribution is -0.870. The van der Waals surface area contributed by atoms with Crippen LogP contribution < -0.4 is 5.11 Å². The predicted molar refractivity (Wildman–Crippen MR) is 126 cm³/mol. The first-order valence-corrected chi connectivity index (χ1v) is 12.4. The Labute approximate surface area is 200 Å². The lowest BCUT2D eigenvalue weighted by atomic mass is 10.1. The SMILES string of the molecule is CCCCC/C=C\CCCCCCCC(=O)OCC(O)COC(OCC[N+](C)(C)C)C(=O)[O-]. The Bertz CT molecular complexity index is 531. The van der Waals surface area contributed by atoms with Crippen molar-refractivity contribution >= 4 is 11.9 Å². The highest BCUT2D eigenvalue weighted by Gasteiger charge is 2.17. The summed E-state index contributed by atoms with van der Waals surface area (Å²) in [6, 6.07) is 0. The van der Waals surface area contributed by atoms with Gasteiger partial charge in [0.2, 0.25) is 0 Å². The van der Waals surface area contributed by atoms with E-state index in [1.54, 1.807) is 0 Å². The number of aliphatic hydroxyl groups is 1. The van der Waals surface area contributed by atoms with Crippen LogP contribution in [0.3, 0.4) is 0 Å². The van der Waals surface area contributed by atoms with Crippen LogP contribution in [0, 0.1) is 0 Å². The number of carboxylic acid groups (broad SMARTS) is 1. The molecule has 0 saturated heterocycles. The molecule has 8 heteroatoms. The Morgan fingerprint density at radius 3 is 2.12 bits per heavy atom. The summed E-state index contributed by atoms with van der Waals surface area (Å²) in [5.41, 5.74) is 0. The Morgan fingerprint density at radius 1 is 0.909 bits per heavy atom. The number of aliphatic carboxylic acids is 1. The van der Waals surface area contributed by atoms with Crippen molar-refractivity contribution in [1.82, 2.24) is 0 Å². The van der Waals surface area contributed by atoms with Gasteiger partial charge >= 0.3 is 5.97 Å². The van der Waals surface area contributed by atoms with Crippen LogP contribution in [-0.4, -0.2) is 81.4 Å². The zero-order valence-electron chi connectivity index (χ0n) is 21.3. The highest BCUT2D eigenvalue weighted by atomic mass is 16.7. The minimum Gasteiger partial charge on any atom is -0.545 e. The Kier molecular flexibility index (Phi) is 19.0. The Hall–Kier alpha value is -1.48. The van der Waals surface area contributed by atoms with Gasteiger partial charge in [0.1, 0.15) is 19.3 Å². The van der Waals surface area contributed by atoms with Crippen molar-refractivity contribution < 1.29 is 38.5 Å². The van der Waals surface area contributed by atoms with E-state index < -0.39 is 18.4 Å². The number of aliphatic hydroxyl groups excluding tert-OH is 1. The number of likely N-dealkylation sites (N-methyl/N-ethyl adjacent to an activating group) is 1. The maximum atomic E-state index is 11.8. The summed E-state index contributed by atoms with van der Waals surface area (Å²) in [7, 11) is 5.85. The van der Waals surface area contributed by atoms with Crippen molar-refractivity contribution in [2.45, 2.75) is 89.9 Å². The molecule has 0 aromatic carbocycles. The first kappa shape index (κ1) is 31.5. The van der Waals surface area contributed by atoms with E-state index in [0.717, 1.165) is 32.1 Å². The fraction of sp³-hybridized carbons (Fsp3) is 0.840. The molecular weight excluding hydrogens is 426 g/mol. The molecule has 1 N–H and O–H groups in total. The van der Waals surface area contributed by atoms with Crippen molar-refractivity contribution in [3.8, 4) is 0 Å². The number of esters is 1. The summed E-state index contributed by atoms with van der Waals surface area (Å²) in [6.45, 7) is 2.39. The number of quaternary nitrogens is 1. The molecule has 0 radical (unpaired) electrons. The fourth-order valence-electron chi connectivity index (χ4n) is 2.94. The molecule has 0 saturated carbocycles. The summed E-state index contributed by atoms with van der Waals surface area (Å²) >= 11 is 0. The number of carbonyl (C=O) groups is 2. The van der Waals surface area contributed by atoms with Gasteiger partial charge in [0.15, 0.2) is 6.29 Å². The number of nitrogens with zero attached hydrogens (tertiary/aromatic N) is 1. The van der Waals surface area contributed by atoms with E-state index in [0.29, 0.717) is 17.4 Å². The molecule has 0 aromatic heterocycles.